The van der Waals surface area contributed by atoms with E-state index >= 15 is 0 Å². The van der Waals surface area contributed by atoms with Crippen molar-refractivity contribution in [3.63, 3.8) is 0 Å². The molecule has 2 aromatic carbocycles. The van der Waals surface area contributed by atoms with E-state index < -0.39 is 0 Å². The van der Waals surface area contributed by atoms with Crippen molar-refractivity contribution < 1.29 is 9.53 Å². The van der Waals surface area contributed by atoms with Gasteiger partial charge in [0.05, 0.1) is 16.7 Å². The lowest BCUT2D eigenvalue weighted by Crippen LogP contribution is -2.25. The molecule has 3 aromatic rings. The van der Waals surface area contributed by atoms with Crippen LogP contribution in [0.3, 0.4) is 0 Å². The zero-order valence-electron chi connectivity index (χ0n) is 16.7. The van der Waals surface area contributed by atoms with E-state index in [4.69, 9.17) is 4.74 Å². The number of carbonyl (C=O) groups is 1. The smallest absolute Gasteiger partial charge is 0.262 e. The molecule has 1 N–H and O–H groups in total. The molecule has 1 aromatic heterocycles. The van der Waals surface area contributed by atoms with E-state index in [0.29, 0.717) is 42.2 Å². The van der Waals surface area contributed by atoms with Crippen LogP contribution >= 0.6 is 11.8 Å². The molecular formula is C22H25N3O3S. The number of hydrogen-bond donors (Lipinski definition) is 1. The van der Waals surface area contributed by atoms with Crippen LogP contribution in [0.1, 0.15) is 18.9 Å². The monoisotopic (exact) mass is 411 g/mol. The second-order valence-corrected chi connectivity index (χ2v) is 7.57. The number of hydrogen-bond acceptors (Lipinski definition) is 5. The quantitative estimate of drug-likeness (QED) is 0.329. The highest BCUT2D eigenvalue weighted by molar-refractivity contribution is 7.99. The summed E-state index contributed by atoms with van der Waals surface area (Å²) in [6, 6.07) is 14.9. The topological polar surface area (TPSA) is 73.2 Å². The maximum Gasteiger partial charge on any atom is 0.262 e. The number of thioether (sulfide) groups is 1. The van der Waals surface area contributed by atoms with Gasteiger partial charge in [-0.1, -0.05) is 36.0 Å². The number of rotatable bonds is 9. The fourth-order valence-corrected chi connectivity index (χ4v) is 3.80. The molecule has 7 heteroatoms. The van der Waals surface area contributed by atoms with Crippen LogP contribution in [-0.4, -0.2) is 34.4 Å². The molecule has 0 atom stereocenters. The van der Waals surface area contributed by atoms with E-state index in [1.165, 1.54) is 11.8 Å². The molecule has 0 bridgehead atoms. The van der Waals surface area contributed by atoms with Crippen LogP contribution in [0.5, 0.6) is 0 Å². The number of aromatic nitrogens is 2. The van der Waals surface area contributed by atoms with Gasteiger partial charge < -0.3 is 10.1 Å². The van der Waals surface area contributed by atoms with Crippen molar-refractivity contribution in [1.82, 2.24) is 9.55 Å². The minimum Gasteiger partial charge on any atom is -0.382 e. The number of aryl methyl sites for hydroxylation is 1. The van der Waals surface area contributed by atoms with E-state index in [0.717, 1.165) is 11.3 Å². The van der Waals surface area contributed by atoms with E-state index in [-0.39, 0.29) is 17.2 Å². The van der Waals surface area contributed by atoms with Gasteiger partial charge >= 0.3 is 0 Å². The summed E-state index contributed by atoms with van der Waals surface area (Å²) < 4.78 is 7.03. The van der Waals surface area contributed by atoms with Crippen LogP contribution in [-0.2, 0) is 16.1 Å². The maximum atomic E-state index is 13.0. The average molecular weight is 412 g/mol. The first-order chi connectivity index (χ1) is 14.1. The Hall–Kier alpha value is -2.64. The van der Waals surface area contributed by atoms with Crippen LogP contribution < -0.4 is 10.9 Å². The summed E-state index contributed by atoms with van der Waals surface area (Å²) in [5.41, 5.74) is 2.39. The lowest BCUT2D eigenvalue weighted by Gasteiger charge is -2.13. The molecule has 0 radical (unpaired) electrons. The van der Waals surface area contributed by atoms with E-state index in [1.807, 2.05) is 56.3 Å². The summed E-state index contributed by atoms with van der Waals surface area (Å²) in [6.07, 6.45) is 0.705. The Kier molecular flexibility index (Phi) is 7.43. The molecule has 29 heavy (non-hydrogen) atoms. The second kappa shape index (κ2) is 10.2. The Morgan fingerprint density at radius 1 is 1.21 bits per heavy atom. The fourth-order valence-electron chi connectivity index (χ4n) is 2.97. The predicted molar refractivity (Wildman–Crippen MR) is 118 cm³/mol. The number of anilines is 1. The third kappa shape index (κ3) is 5.68. The van der Waals surface area contributed by atoms with Gasteiger partial charge in [0.25, 0.3) is 5.56 Å². The first-order valence-corrected chi connectivity index (χ1v) is 10.6. The Balaban J connectivity index is 1.77. The van der Waals surface area contributed by atoms with Crippen LogP contribution in [0, 0.1) is 6.92 Å². The number of amides is 1. The summed E-state index contributed by atoms with van der Waals surface area (Å²) >= 11 is 1.27. The van der Waals surface area contributed by atoms with E-state index in [9.17, 15) is 9.59 Å². The van der Waals surface area contributed by atoms with Gasteiger partial charge in [-0.2, -0.15) is 0 Å². The van der Waals surface area contributed by atoms with Crippen molar-refractivity contribution in [2.45, 2.75) is 32.0 Å². The van der Waals surface area contributed by atoms with Crippen molar-refractivity contribution in [3.05, 3.63) is 64.4 Å². The highest BCUT2D eigenvalue weighted by atomic mass is 32.2. The molecule has 1 amide bonds. The molecule has 1 heterocycles. The molecule has 0 spiro atoms. The molecule has 0 unspecified atom stereocenters. The number of carbonyl (C=O) groups excluding carboxylic acids is 1. The van der Waals surface area contributed by atoms with Crippen molar-refractivity contribution in [2.75, 3.05) is 24.3 Å². The van der Waals surface area contributed by atoms with Gasteiger partial charge in [-0.3, -0.25) is 14.2 Å². The zero-order valence-corrected chi connectivity index (χ0v) is 17.5. The average Bonchev–Trinajstić information content (AvgIpc) is 2.71. The third-order valence-corrected chi connectivity index (χ3v) is 5.31. The third-order valence-electron chi connectivity index (χ3n) is 4.34. The van der Waals surface area contributed by atoms with E-state index in [2.05, 4.69) is 10.3 Å². The van der Waals surface area contributed by atoms with Gasteiger partial charge in [-0.25, -0.2) is 4.98 Å². The maximum absolute atomic E-state index is 13.0. The second-order valence-electron chi connectivity index (χ2n) is 6.63. The molecule has 6 nitrogen and oxygen atoms in total. The highest BCUT2D eigenvalue weighted by Gasteiger charge is 2.13. The number of nitrogens with zero attached hydrogens (tertiary/aromatic N) is 2. The van der Waals surface area contributed by atoms with Crippen molar-refractivity contribution >= 4 is 34.3 Å². The Bertz CT molecular complexity index is 1050. The Labute approximate surface area is 174 Å². The SMILES string of the molecule is CCOCCCn1c(SCC(=O)Nc2cccc(C)c2)nc2ccccc2c1=O. The van der Waals surface area contributed by atoms with Crippen LogP contribution in [0.2, 0.25) is 0 Å². The van der Waals surface area contributed by atoms with Crippen molar-refractivity contribution in [3.8, 4) is 0 Å². The minimum absolute atomic E-state index is 0.0892. The number of ether oxygens (including phenoxy) is 1. The summed E-state index contributed by atoms with van der Waals surface area (Å²) in [7, 11) is 0. The summed E-state index contributed by atoms with van der Waals surface area (Å²) in [5, 5.41) is 4.02. The normalized spacial score (nSPS) is 11.0. The van der Waals surface area contributed by atoms with Gasteiger partial charge in [0.15, 0.2) is 5.16 Å². The molecule has 152 valence electrons. The van der Waals surface area contributed by atoms with Crippen LogP contribution in [0.4, 0.5) is 5.69 Å². The first-order valence-electron chi connectivity index (χ1n) is 9.65. The molecule has 0 aliphatic heterocycles. The van der Waals surface area contributed by atoms with Crippen molar-refractivity contribution in [1.29, 1.82) is 0 Å². The molecule has 3 rings (SSSR count). The van der Waals surface area contributed by atoms with Gasteiger partial charge in [0.1, 0.15) is 0 Å². The fraction of sp³-hybridized carbons (Fsp3) is 0.318. The van der Waals surface area contributed by atoms with Crippen molar-refractivity contribution in [2.24, 2.45) is 0 Å². The summed E-state index contributed by atoms with van der Waals surface area (Å²) in [5.74, 6) is 0.0355. The summed E-state index contributed by atoms with van der Waals surface area (Å²) in [6.45, 7) is 5.64. The number of benzene rings is 2. The molecule has 0 aliphatic carbocycles. The number of nitrogens with one attached hydrogen (secondary N) is 1. The van der Waals surface area contributed by atoms with Gasteiger partial charge in [0, 0.05) is 25.4 Å². The molecule has 0 saturated heterocycles. The van der Waals surface area contributed by atoms with Crippen LogP contribution in [0.15, 0.2) is 58.5 Å². The predicted octanol–water partition coefficient (Wildman–Crippen LogP) is 3.86. The lowest BCUT2D eigenvalue weighted by molar-refractivity contribution is -0.113. The minimum atomic E-state index is -0.135. The lowest BCUT2D eigenvalue weighted by atomic mass is 10.2. The van der Waals surface area contributed by atoms with Gasteiger partial charge in [-0.05, 0) is 50.1 Å². The standard InChI is InChI=1S/C22H25N3O3S/c1-3-28-13-7-12-25-21(27)18-10-4-5-11-19(18)24-22(25)29-15-20(26)23-17-9-6-8-16(2)14-17/h4-6,8-11,14H,3,7,12-13,15H2,1-2H3,(H,23,26). The largest absolute Gasteiger partial charge is 0.382 e. The number of fused-ring (bicyclic) bond motifs is 1. The Morgan fingerprint density at radius 3 is 2.83 bits per heavy atom. The zero-order chi connectivity index (χ0) is 20.6. The van der Waals surface area contributed by atoms with Crippen LogP contribution in [0.25, 0.3) is 10.9 Å². The first kappa shape index (κ1) is 21.1. The Morgan fingerprint density at radius 2 is 2.03 bits per heavy atom. The molecule has 0 fully saturated rings. The van der Waals surface area contributed by atoms with Gasteiger partial charge in [0.2, 0.25) is 5.91 Å². The molecular weight excluding hydrogens is 386 g/mol. The van der Waals surface area contributed by atoms with Gasteiger partial charge in [-0.15, -0.1) is 0 Å². The van der Waals surface area contributed by atoms with E-state index in [1.54, 1.807) is 10.6 Å². The number of para-hydroxylation sites is 1. The summed E-state index contributed by atoms with van der Waals surface area (Å²) in [4.78, 5) is 30.0. The highest BCUT2D eigenvalue weighted by Crippen LogP contribution is 2.19. The molecule has 0 aliphatic rings. The molecule has 0 saturated carbocycles.